The van der Waals surface area contributed by atoms with Gasteiger partial charge < -0.3 is 10.1 Å². The van der Waals surface area contributed by atoms with E-state index in [1.54, 1.807) is 6.92 Å². The summed E-state index contributed by atoms with van der Waals surface area (Å²) < 4.78 is 0. The van der Waals surface area contributed by atoms with E-state index in [1.165, 1.54) is 16.7 Å². The number of hydrogen-bond acceptors (Lipinski definition) is 2. The van der Waals surface area contributed by atoms with Gasteiger partial charge in [0.05, 0.1) is 0 Å². The third-order valence-electron chi connectivity index (χ3n) is 3.10. The maximum absolute atomic E-state index is 9.81. The minimum atomic E-state index is 0.255. The predicted molar refractivity (Wildman–Crippen MR) is 90.5 cm³/mol. The van der Waals surface area contributed by atoms with Crippen LogP contribution < -0.4 is 5.32 Å². The van der Waals surface area contributed by atoms with Crippen LogP contribution in [-0.4, -0.2) is 18.9 Å². The lowest BCUT2D eigenvalue weighted by Gasteiger charge is -2.04. The van der Waals surface area contributed by atoms with Crippen molar-refractivity contribution in [2.45, 2.75) is 61.3 Å². The molecule has 0 spiro atoms. The fourth-order valence-corrected chi connectivity index (χ4v) is 1.44. The number of Topliss-reactive ketones (excluding diaryl/α,β-unsaturated/α-hetero) is 1. The van der Waals surface area contributed by atoms with Crippen molar-refractivity contribution < 1.29 is 4.79 Å². The lowest BCUT2D eigenvalue weighted by atomic mass is 10.0. The van der Waals surface area contributed by atoms with Gasteiger partial charge in [-0.3, -0.25) is 0 Å². The van der Waals surface area contributed by atoms with E-state index >= 15 is 0 Å². The Labute approximate surface area is 126 Å². The van der Waals surface area contributed by atoms with Crippen molar-refractivity contribution in [3.05, 3.63) is 34.9 Å². The molecule has 0 fully saturated rings. The van der Waals surface area contributed by atoms with Crippen LogP contribution in [0.4, 0.5) is 0 Å². The van der Waals surface area contributed by atoms with Gasteiger partial charge in [0.2, 0.25) is 0 Å². The highest BCUT2D eigenvalue weighted by Gasteiger charge is 1.95. The summed E-state index contributed by atoms with van der Waals surface area (Å²) in [4.78, 5) is 9.81. The highest BCUT2D eigenvalue weighted by Crippen LogP contribution is 2.12. The number of carbonyl (C=O) groups excluding carboxylic acids is 1. The maximum atomic E-state index is 9.81. The molecule has 1 N–H and O–H groups in total. The minimum absolute atomic E-state index is 0.255. The van der Waals surface area contributed by atoms with E-state index in [-0.39, 0.29) is 5.78 Å². The Kier molecular flexibility index (Phi) is 15.1. The van der Waals surface area contributed by atoms with Gasteiger partial charge in [-0.15, -0.1) is 0 Å². The molecule has 0 radical (unpaired) electrons. The number of hydrogen-bond donors (Lipinski definition) is 1. The Balaban J connectivity index is 0. The summed E-state index contributed by atoms with van der Waals surface area (Å²) in [5.74, 6) is 0.255. The second kappa shape index (κ2) is 14.3. The molecular weight excluding hydrogens is 246 g/mol. The summed E-state index contributed by atoms with van der Waals surface area (Å²) >= 11 is 0. The second-order valence-electron chi connectivity index (χ2n) is 4.73. The Morgan fingerprint density at radius 3 is 1.80 bits per heavy atom. The van der Waals surface area contributed by atoms with E-state index in [1.807, 2.05) is 6.92 Å². The van der Waals surface area contributed by atoms with Gasteiger partial charge in [-0.25, -0.2) is 0 Å². The monoisotopic (exact) mass is 279 g/mol. The van der Waals surface area contributed by atoms with E-state index in [0.717, 1.165) is 19.5 Å². The summed E-state index contributed by atoms with van der Waals surface area (Å²) in [7, 11) is 0. The van der Waals surface area contributed by atoms with Gasteiger partial charge in [0.15, 0.2) is 0 Å². The summed E-state index contributed by atoms with van der Waals surface area (Å²) in [6.07, 6.45) is 1.81. The van der Waals surface area contributed by atoms with Gasteiger partial charge in [-0.05, 0) is 57.0 Å². The molecule has 116 valence electrons. The topological polar surface area (TPSA) is 29.1 Å². The van der Waals surface area contributed by atoms with Crippen LogP contribution in [0.25, 0.3) is 0 Å². The zero-order valence-corrected chi connectivity index (χ0v) is 14.5. The van der Waals surface area contributed by atoms with E-state index < -0.39 is 0 Å². The van der Waals surface area contributed by atoms with Gasteiger partial charge in [0.25, 0.3) is 0 Å². The van der Waals surface area contributed by atoms with Crippen LogP contribution in [-0.2, 0) is 11.2 Å². The first kappa shape index (κ1) is 21.2. The van der Waals surface area contributed by atoms with Crippen LogP contribution >= 0.6 is 0 Å². The molecule has 0 aliphatic carbocycles. The van der Waals surface area contributed by atoms with Crippen LogP contribution in [0.3, 0.4) is 0 Å². The number of ketones is 1. The van der Waals surface area contributed by atoms with Crippen LogP contribution in [0.1, 0.15) is 57.7 Å². The Hall–Kier alpha value is -1.15. The predicted octanol–water partition coefficient (Wildman–Crippen LogP) is 4.47. The molecule has 0 aliphatic heterocycles. The summed E-state index contributed by atoms with van der Waals surface area (Å²) in [5, 5.41) is 3.11. The van der Waals surface area contributed by atoms with Crippen LogP contribution in [0.15, 0.2) is 18.2 Å². The molecule has 0 aromatic heterocycles. The van der Waals surface area contributed by atoms with Crippen LogP contribution in [0.5, 0.6) is 0 Å². The van der Waals surface area contributed by atoms with Gasteiger partial charge in [-0.2, -0.15) is 0 Å². The van der Waals surface area contributed by atoms with Crippen molar-refractivity contribution in [3.63, 3.8) is 0 Å². The normalized spacial score (nSPS) is 8.95. The molecule has 0 saturated carbocycles. The third kappa shape index (κ3) is 11.9. The number of benzene rings is 1. The van der Waals surface area contributed by atoms with E-state index in [4.69, 9.17) is 0 Å². The molecule has 2 heteroatoms. The Morgan fingerprint density at radius 1 is 1.05 bits per heavy atom. The molecule has 0 bridgehead atoms. The highest BCUT2D eigenvalue weighted by atomic mass is 16.1. The summed E-state index contributed by atoms with van der Waals surface area (Å²) in [6, 6.07) is 6.48. The largest absolute Gasteiger partial charge is 0.317 e. The first-order valence-corrected chi connectivity index (χ1v) is 7.69. The molecule has 0 saturated heterocycles. The lowest BCUT2D eigenvalue weighted by molar-refractivity contribution is -0.116. The lowest BCUT2D eigenvalue weighted by Crippen LogP contribution is -2.09. The number of nitrogens with one attached hydrogen (secondary N) is 1. The Bertz CT molecular complexity index is 356. The molecule has 2 nitrogen and oxygen atoms in total. The molecule has 0 heterocycles. The quantitative estimate of drug-likeness (QED) is 0.881. The smallest absolute Gasteiger partial charge is 0.129 e. The van der Waals surface area contributed by atoms with Gasteiger partial charge in [0.1, 0.15) is 5.78 Å². The molecule has 20 heavy (non-hydrogen) atoms. The standard InChI is InChI=1S/C10H14.C4H11N.C4H8O/c1-4-10-7-5-6-8(2)9(10)3;1-3-5-4-2;1-3-4(2)5/h5-7H,4H2,1-3H3;5H,3-4H2,1-2H3;3H2,1-2H3. The van der Waals surface area contributed by atoms with Crippen LogP contribution in [0.2, 0.25) is 0 Å². The van der Waals surface area contributed by atoms with Crippen molar-refractivity contribution in [1.82, 2.24) is 5.32 Å². The average Bonchev–Trinajstić information content (AvgIpc) is 2.44. The van der Waals surface area contributed by atoms with Crippen molar-refractivity contribution in [2.75, 3.05) is 13.1 Å². The van der Waals surface area contributed by atoms with Gasteiger partial charge in [0, 0.05) is 6.42 Å². The molecule has 0 amide bonds. The fourth-order valence-electron chi connectivity index (χ4n) is 1.44. The maximum Gasteiger partial charge on any atom is 0.129 e. The zero-order chi connectivity index (χ0) is 16.0. The average molecular weight is 279 g/mol. The van der Waals surface area contributed by atoms with Crippen molar-refractivity contribution in [3.8, 4) is 0 Å². The molecule has 0 aliphatic rings. The zero-order valence-electron chi connectivity index (χ0n) is 14.5. The van der Waals surface area contributed by atoms with Crippen molar-refractivity contribution in [1.29, 1.82) is 0 Å². The van der Waals surface area contributed by atoms with E-state index in [0.29, 0.717) is 6.42 Å². The van der Waals surface area contributed by atoms with E-state index in [9.17, 15) is 4.79 Å². The first-order valence-electron chi connectivity index (χ1n) is 7.69. The summed E-state index contributed by atoms with van der Waals surface area (Å²) in [5.41, 5.74) is 4.32. The molecule has 0 atom stereocenters. The third-order valence-corrected chi connectivity index (χ3v) is 3.10. The van der Waals surface area contributed by atoms with Crippen LogP contribution in [0, 0.1) is 13.8 Å². The molecular formula is C18H33NO. The van der Waals surface area contributed by atoms with Gasteiger partial charge in [-0.1, -0.05) is 45.9 Å². The number of carbonyl (C=O) groups is 1. The van der Waals surface area contributed by atoms with Gasteiger partial charge >= 0.3 is 0 Å². The number of rotatable bonds is 4. The second-order valence-corrected chi connectivity index (χ2v) is 4.73. The molecule has 1 aromatic carbocycles. The molecule has 1 rings (SSSR count). The Morgan fingerprint density at radius 2 is 1.55 bits per heavy atom. The number of aryl methyl sites for hydroxylation is 2. The van der Waals surface area contributed by atoms with Crippen molar-refractivity contribution in [2.24, 2.45) is 0 Å². The van der Waals surface area contributed by atoms with Crippen molar-refractivity contribution >= 4 is 5.78 Å². The first-order chi connectivity index (χ1) is 9.44. The van der Waals surface area contributed by atoms with E-state index in [2.05, 4.69) is 58.1 Å². The molecule has 0 unspecified atom stereocenters. The summed E-state index contributed by atoms with van der Waals surface area (Å²) in [6.45, 7) is 16.4. The minimum Gasteiger partial charge on any atom is -0.317 e. The highest BCUT2D eigenvalue weighted by molar-refractivity contribution is 5.74. The SMILES string of the molecule is CCC(C)=O.CCNCC.CCc1cccc(C)c1C. The fraction of sp³-hybridized carbons (Fsp3) is 0.611. The molecule has 1 aromatic rings.